The summed E-state index contributed by atoms with van der Waals surface area (Å²) in [5.74, 6) is 0.550. The van der Waals surface area contributed by atoms with E-state index in [-0.39, 0.29) is 30.2 Å². The number of nitrogens with zero attached hydrogens (tertiary/aromatic N) is 2. The smallest absolute Gasteiger partial charge is 0.305 e. The SMILES string of the molecule is CCCCCCCCCCCC(=O)OCCC(C)(C)C(=O)n1c2c(c3c1C[C@H]1CCN(C)C[C@@H]1C3=O)CCC2. The minimum Gasteiger partial charge on any atom is -0.466 e. The molecular formula is C33H52N2O4. The Balaban J connectivity index is 1.29. The molecule has 6 nitrogen and oxygen atoms in total. The molecule has 0 N–H and O–H groups in total. The van der Waals surface area contributed by atoms with Crippen LogP contribution in [0.5, 0.6) is 0 Å². The zero-order chi connectivity index (χ0) is 28.0. The highest BCUT2D eigenvalue weighted by molar-refractivity contribution is 6.04. The van der Waals surface area contributed by atoms with E-state index >= 15 is 0 Å². The molecule has 0 radical (unpaired) electrons. The number of hydrogen-bond acceptors (Lipinski definition) is 5. The monoisotopic (exact) mass is 540 g/mol. The van der Waals surface area contributed by atoms with Gasteiger partial charge in [0, 0.05) is 41.2 Å². The summed E-state index contributed by atoms with van der Waals surface area (Å²) in [6.45, 7) is 8.25. The summed E-state index contributed by atoms with van der Waals surface area (Å²) in [5, 5.41) is 0. The number of hydrogen-bond donors (Lipinski definition) is 0. The van der Waals surface area contributed by atoms with E-state index in [0.717, 1.165) is 80.6 Å². The molecule has 0 spiro atoms. The minimum absolute atomic E-state index is 0.0519. The average molecular weight is 541 g/mol. The molecule has 0 unspecified atom stereocenters. The Bertz CT molecular complexity index is 1020. The summed E-state index contributed by atoms with van der Waals surface area (Å²) in [4.78, 5) is 42.3. The Morgan fingerprint density at radius 2 is 1.67 bits per heavy atom. The third-order valence-electron chi connectivity index (χ3n) is 9.57. The first-order valence-electron chi connectivity index (χ1n) is 15.9. The fraction of sp³-hybridized carbons (Fsp3) is 0.788. The molecular weight excluding hydrogens is 488 g/mol. The van der Waals surface area contributed by atoms with E-state index in [4.69, 9.17) is 4.74 Å². The van der Waals surface area contributed by atoms with Crippen LogP contribution in [0.4, 0.5) is 0 Å². The van der Waals surface area contributed by atoms with Crippen LogP contribution in [0.2, 0.25) is 0 Å². The van der Waals surface area contributed by atoms with E-state index in [1.807, 2.05) is 18.4 Å². The topological polar surface area (TPSA) is 68.6 Å². The summed E-state index contributed by atoms with van der Waals surface area (Å²) >= 11 is 0. The van der Waals surface area contributed by atoms with Crippen LogP contribution in [0.3, 0.4) is 0 Å². The standard InChI is InChI=1S/C33H52N2O4/c1-5-6-7-8-9-10-11-12-13-17-29(36)39-21-19-33(2,3)32(38)35-27-16-14-15-25(27)30-28(35)22-24-18-20-34(4)23-26(24)31(30)37/h24,26H,5-23H2,1-4H3/t24-,26+/m1/s1. The van der Waals surface area contributed by atoms with E-state index in [1.165, 1.54) is 44.9 Å². The fourth-order valence-corrected chi connectivity index (χ4v) is 7.04. The number of esters is 1. The van der Waals surface area contributed by atoms with E-state index in [1.54, 1.807) is 0 Å². The largest absolute Gasteiger partial charge is 0.466 e. The van der Waals surface area contributed by atoms with Crippen molar-refractivity contribution in [2.24, 2.45) is 17.3 Å². The predicted octanol–water partition coefficient (Wildman–Crippen LogP) is 6.80. The second-order valence-corrected chi connectivity index (χ2v) is 13.2. The first-order chi connectivity index (χ1) is 18.7. The zero-order valence-corrected chi connectivity index (χ0v) is 25.1. The number of Topliss-reactive ketones (excluding diaryl/α,β-unsaturated/α-hetero) is 1. The van der Waals surface area contributed by atoms with Crippen LogP contribution >= 0.6 is 0 Å². The maximum atomic E-state index is 14.0. The third-order valence-corrected chi connectivity index (χ3v) is 9.57. The lowest BCUT2D eigenvalue weighted by Crippen LogP contribution is -2.46. The maximum absolute atomic E-state index is 14.0. The number of fused-ring (bicyclic) bond motifs is 4. The van der Waals surface area contributed by atoms with Crippen molar-refractivity contribution in [2.45, 2.75) is 124 Å². The first-order valence-corrected chi connectivity index (χ1v) is 15.9. The number of ether oxygens (including phenoxy) is 1. The van der Waals surface area contributed by atoms with Gasteiger partial charge in [0.25, 0.3) is 0 Å². The van der Waals surface area contributed by atoms with Gasteiger partial charge < -0.3 is 9.64 Å². The van der Waals surface area contributed by atoms with Crippen molar-refractivity contribution in [1.82, 2.24) is 9.47 Å². The number of carbonyl (C=O) groups excluding carboxylic acids is 3. The van der Waals surface area contributed by atoms with Gasteiger partial charge in [-0.15, -0.1) is 0 Å². The molecule has 2 aliphatic carbocycles. The molecule has 1 fully saturated rings. The van der Waals surface area contributed by atoms with Crippen molar-refractivity contribution in [1.29, 1.82) is 0 Å². The van der Waals surface area contributed by atoms with Gasteiger partial charge in [-0.05, 0) is 70.0 Å². The number of likely N-dealkylation sites (tertiary alicyclic amines) is 1. The molecule has 0 amide bonds. The Kier molecular flexibility index (Phi) is 10.5. The molecule has 0 bridgehead atoms. The number of ketones is 1. The number of piperidine rings is 1. The van der Waals surface area contributed by atoms with Gasteiger partial charge in [0.15, 0.2) is 5.78 Å². The molecule has 39 heavy (non-hydrogen) atoms. The summed E-state index contributed by atoms with van der Waals surface area (Å²) < 4.78 is 7.50. The van der Waals surface area contributed by atoms with Crippen LogP contribution in [-0.4, -0.2) is 53.9 Å². The summed E-state index contributed by atoms with van der Waals surface area (Å²) in [5.41, 5.74) is 3.37. The summed E-state index contributed by atoms with van der Waals surface area (Å²) in [6.07, 6.45) is 16.5. The highest BCUT2D eigenvalue weighted by atomic mass is 16.5. The van der Waals surface area contributed by atoms with Crippen molar-refractivity contribution in [3.8, 4) is 0 Å². The molecule has 3 aliphatic rings. The number of aromatic nitrogens is 1. The van der Waals surface area contributed by atoms with Gasteiger partial charge in [-0.25, -0.2) is 0 Å². The van der Waals surface area contributed by atoms with Crippen LogP contribution < -0.4 is 0 Å². The van der Waals surface area contributed by atoms with Crippen LogP contribution in [0, 0.1) is 17.3 Å². The Morgan fingerprint density at radius 1 is 0.974 bits per heavy atom. The highest BCUT2D eigenvalue weighted by Crippen LogP contribution is 2.43. The molecule has 1 aliphatic heterocycles. The molecule has 218 valence electrons. The molecule has 1 aromatic heterocycles. The Hall–Kier alpha value is -1.95. The van der Waals surface area contributed by atoms with E-state index in [9.17, 15) is 14.4 Å². The molecule has 6 heteroatoms. The molecule has 0 aromatic carbocycles. The van der Waals surface area contributed by atoms with Gasteiger partial charge in [0.2, 0.25) is 5.91 Å². The van der Waals surface area contributed by atoms with Crippen molar-refractivity contribution in [3.05, 3.63) is 22.5 Å². The van der Waals surface area contributed by atoms with E-state index in [0.29, 0.717) is 18.8 Å². The highest BCUT2D eigenvalue weighted by Gasteiger charge is 2.45. The molecule has 1 saturated heterocycles. The molecule has 1 aromatic rings. The lowest BCUT2D eigenvalue weighted by Gasteiger charge is -2.39. The van der Waals surface area contributed by atoms with Crippen LogP contribution in [0.15, 0.2) is 0 Å². The second kappa shape index (κ2) is 13.6. The maximum Gasteiger partial charge on any atom is 0.305 e. The predicted molar refractivity (Wildman–Crippen MR) is 155 cm³/mol. The fourth-order valence-electron chi connectivity index (χ4n) is 7.04. The van der Waals surface area contributed by atoms with Gasteiger partial charge in [0.1, 0.15) is 0 Å². The molecule has 2 atom stereocenters. The molecule has 4 rings (SSSR count). The normalized spacial score (nSPS) is 21.0. The van der Waals surface area contributed by atoms with Gasteiger partial charge in [-0.3, -0.25) is 19.0 Å². The zero-order valence-electron chi connectivity index (χ0n) is 25.1. The number of rotatable bonds is 14. The Morgan fingerprint density at radius 3 is 2.38 bits per heavy atom. The molecule has 2 heterocycles. The third kappa shape index (κ3) is 7.04. The summed E-state index contributed by atoms with van der Waals surface area (Å²) in [6, 6.07) is 0. The summed E-state index contributed by atoms with van der Waals surface area (Å²) in [7, 11) is 2.10. The number of unbranched alkanes of at least 4 members (excludes halogenated alkanes) is 8. The van der Waals surface area contributed by atoms with Gasteiger partial charge in [-0.1, -0.05) is 72.1 Å². The molecule has 0 saturated carbocycles. The van der Waals surface area contributed by atoms with E-state index < -0.39 is 5.41 Å². The van der Waals surface area contributed by atoms with Crippen molar-refractivity contribution in [3.63, 3.8) is 0 Å². The van der Waals surface area contributed by atoms with Crippen LogP contribution in [0.25, 0.3) is 0 Å². The average Bonchev–Trinajstić information content (AvgIpc) is 3.48. The number of carbonyl (C=O) groups is 3. The van der Waals surface area contributed by atoms with Crippen molar-refractivity contribution < 1.29 is 19.1 Å². The van der Waals surface area contributed by atoms with Gasteiger partial charge in [-0.2, -0.15) is 0 Å². The van der Waals surface area contributed by atoms with Crippen LogP contribution in [-0.2, 0) is 28.8 Å². The van der Waals surface area contributed by atoms with Crippen molar-refractivity contribution in [2.75, 3.05) is 26.7 Å². The Labute approximate surface area is 236 Å². The second-order valence-electron chi connectivity index (χ2n) is 13.2. The van der Waals surface area contributed by atoms with Gasteiger partial charge in [0.05, 0.1) is 6.61 Å². The van der Waals surface area contributed by atoms with E-state index in [2.05, 4.69) is 18.9 Å². The van der Waals surface area contributed by atoms with Crippen molar-refractivity contribution >= 4 is 17.7 Å². The van der Waals surface area contributed by atoms with Crippen LogP contribution in [0.1, 0.15) is 136 Å². The lowest BCUT2D eigenvalue weighted by atomic mass is 9.72. The minimum atomic E-state index is -0.673. The first kappa shape index (κ1) is 30.0. The lowest BCUT2D eigenvalue weighted by molar-refractivity contribution is -0.144. The van der Waals surface area contributed by atoms with Gasteiger partial charge >= 0.3 is 5.97 Å². The quantitative estimate of drug-likeness (QED) is 0.192.